The van der Waals surface area contributed by atoms with Gasteiger partial charge >= 0.3 is 6.09 Å². The lowest BCUT2D eigenvalue weighted by molar-refractivity contribution is 0.0105. The van der Waals surface area contributed by atoms with Gasteiger partial charge in [0.2, 0.25) is 5.89 Å². The molecule has 0 aliphatic rings. The van der Waals surface area contributed by atoms with E-state index in [0.717, 1.165) is 16.3 Å². The first-order valence-corrected chi connectivity index (χ1v) is 16.4. The zero-order valence-corrected chi connectivity index (χ0v) is 28.5. The van der Waals surface area contributed by atoms with Crippen LogP contribution in [0.2, 0.25) is 0 Å². The first kappa shape index (κ1) is 35.3. The number of aromatic nitrogens is 2. The Labute approximate surface area is 279 Å². The molecule has 2 aromatic heterocycles. The van der Waals surface area contributed by atoms with E-state index in [4.69, 9.17) is 9.15 Å². The molecule has 12 heteroatoms. The number of thiazole rings is 1. The van der Waals surface area contributed by atoms with Gasteiger partial charge in [0.05, 0.1) is 31.4 Å². The van der Waals surface area contributed by atoms with Crippen molar-refractivity contribution in [1.29, 1.82) is 0 Å². The molecular weight excluding hydrogens is 618 g/mol. The largest absolute Gasteiger partial charge is 0.445 e. The highest BCUT2D eigenvalue weighted by atomic mass is 32.1. The van der Waals surface area contributed by atoms with Gasteiger partial charge in [-0.15, -0.1) is 11.3 Å². The maximum absolute atomic E-state index is 13.9. The predicted molar refractivity (Wildman–Crippen MR) is 180 cm³/mol. The van der Waals surface area contributed by atoms with E-state index in [1.165, 1.54) is 39.7 Å². The second-order valence-corrected chi connectivity index (χ2v) is 13.4. The van der Waals surface area contributed by atoms with E-state index in [-0.39, 0.29) is 29.5 Å². The SMILES string of the molecule is CCCN(CC(O)C(Cc1ccccc1)NC(=O)c1cc(C(=O)N(C)Cc2nc(C)cs2)cc(-c2ncco2)c1)C(=O)OC(C)(C)C. The molecule has 3 amide bonds. The summed E-state index contributed by atoms with van der Waals surface area (Å²) < 4.78 is 11.1. The van der Waals surface area contributed by atoms with Crippen LogP contribution < -0.4 is 5.32 Å². The number of aliphatic hydroxyl groups excluding tert-OH is 1. The molecule has 4 aromatic rings. The van der Waals surface area contributed by atoms with Gasteiger partial charge in [0.15, 0.2) is 0 Å². The number of hydrogen-bond acceptors (Lipinski definition) is 9. The molecule has 2 aromatic carbocycles. The molecule has 0 aliphatic carbocycles. The minimum Gasteiger partial charge on any atom is -0.445 e. The van der Waals surface area contributed by atoms with E-state index in [9.17, 15) is 19.5 Å². The Hall–Kier alpha value is -4.55. The summed E-state index contributed by atoms with van der Waals surface area (Å²) in [6.07, 6.45) is 2.18. The summed E-state index contributed by atoms with van der Waals surface area (Å²) in [5.74, 6) is -0.570. The number of benzene rings is 2. The highest BCUT2D eigenvalue weighted by Gasteiger charge is 2.29. The van der Waals surface area contributed by atoms with Gasteiger partial charge in [-0.05, 0) is 64.3 Å². The number of aliphatic hydroxyl groups is 1. The van der Waals surface area contributed by atoms with Crippen LogP contribution in [-0.4, -0.2) is 80.7 Å². The number of ether oxygens (including phenoxy) is 1. The maximum atomic E-state index is 13.9. The summed E-state index contributed by atoms with van der Waals surface area (Å²) in [4.78, 5) is 52.2. The molecule has 0 radical (unpaired) electrons. The summed E-state index contributed by atoms with van der Waals surface area (Å²) in [7, 11) is 1.68. The molecule has 4 rings (SSSR count). The monoisotopic (exact) mass is 661 g/mol. The van der Waals surface area contributed by atoms with Crippen molar-refractivity contribution in [2.45, 2.75) is 71.8 Å². The summed E-state index contributed by atoms with van der Waals surface area (Å²) in [6, 6.07) is 13.4. The van der Waals surface area contributed by atoms with Crippen molar-refractivity contribution in [3.05, 3.63) is 93.8 Å². The van der Waals surface area contributed by atoms with Crippen molar-refractivity contribution < 1.29 is 28.6 Å². The molecule has 250 valence electrons. The van der Waals surface area contributed by atoms with Crippen molar-refractivity contribution in [2.24, 2.45) is 0 Å². The molecule has 2 atom stereocenters. The number of rotatable bonds is 13. The number of carbonyl (C=O) groups excluding carboxylic acids is 3. The highest BCUT2D eigenvalue weighted by Crippen LogP contribution is 2.23. The fraction of sp³-hybridized carbons (Fsp3) is 0.400. The fourth-order valence-corrected chi connectivity index (χ4v) is 5.78. The summed E-state index contributed by atoms with van der Waals surface area (Å²) >= 11 is 1.47. The lowest BCUT2D eigenvalue weighted by atomic mass is 9.99. The minimum atomic E-state index is -1.14. The van der Waals surface area contributed by atoms with Crippen molar-refractivity contribution in [1.82, 2.24) is 25.1 Å². The maximum Gasteiger partial charge on any atom is 0.410 e. The van der Waals surface area contributed by atoms with Crippen LogP contribution in [0.25, 0.3) is 11.5 Å². The third-order valence-corrected chi connectivity index (χ3v) is 8.09. The van der Waals surface area contributed by atoms with Crippen LogP contribution in [0.15, 0.2) is 70.8 Å². The number of oxazole rings is 1. The van der Waals surface area contributed by atoms with Gasteiger partial charge in [-0.25, -0.2) is 14.8 Å². The highest BCUT2D eigenvalue weighted by molar-refractivity contribution is 7.09. The van der Waals surface area contributed by atoms with E-state index >= 15 is 0 Å². The van der Waals surface area contributed by atoms with Crippen LogP contribution >= 0.6 is 11.3 Å². The number of hydrogen-bond donors (Lipinski definition) is 2. The molecule has 47 heavy (non-hydrogen) atoms. The Kier molecular flexibility index (Phi) is 11.9. The quantitative estimate of drug-likeness (QED) is 0.185. The van der Waals surface area contributed by atoms with E-state index in [1.807, 2.05) is 49.6 Å². The van der Waals surface area contributed by atoms with Crippen molar-refractivity contribution in [2.75, 3.05) is 20.1 Å². The Bertz CT molecular complexity index is 1630. The second-order valence-electron chi connectivity index (χ2n) is 12.4. The Morgan fingerprint density at radius 1 is 1.11 bits per heavy atom. The van der Waals surface area contributed by atoms with Gasteiger partial charge in [-0.1, -0.05) is 37.3 Å². The van der Waals surface area contributed by atoms with E-state index in [0.29, 0.717) is 31.5 Å². The number of nitrogens with one attached hydrogen (secondary N) is 1. The Balaban J connectivity index is 1.62. The Morgan fingerprint density at radius 3 is 2.45 bits per heavy atom. The van der Waals surface area contributed by atoms with Crippen LogP contribution in [-0.2, 0) is 17.7 Å². The van der Waals surface area contributed by atoms with Gasteiger partial charge < -0.3 is 29.4 Å². The number of aryl methyl sites for hydroxylation is 1. The topological polar surface area (TPSA) is 138 Å². The molecule has 2 N–H and O–H groups in total. The van der Waals surface area contributed by atoms with E-state index < -0.39 is 29.7 Å². The van der Waals surface area contributed by atoms with Crippen LogP contribution in [0, 0.1) is 6.92 Å². The van der Waals surface area contributed by atoms with Crippen LogP contribution in [0.4, 0.5) is 4.79 Å². The smallest absolute Gasteiger partial charge is 0.410 e. The van der Waals surface area contributed by atoms with Gasteiger partial charge in [-0.2, -0.15) is 0 Å². The second kappa shape index (κ2) is 15.8. The molecule has 0 spiro atoms. The third-order valence-electron chi connectivity index (χ3n) is 7.14. The van der Waals surface area contributed by atoms with Crippen molar-refractivity contribution in [3.63, 3.8) is 0 Å². The minimum absolute atomic E-state index is 0.0539. The lowest BCUT2D eigenvalue weighted by Crippen LogP contribution is -2.51. The van der Waals surface area contributed by atoms with E-state index in [2.05, 4.69) is 15.3 Å². The fourth-order valence-electron chi connectivity index (χ4n) is 4.95. The summed E-state index contributed by atoms with van der Waals surface area (Å²) in [5.41, 5.74) is 1.96. The van der Waals surface area contributed by atoms with Crippen LogP contribution in [0.5, 0.6) is 0 Å². The van der Waals surface area contributed by atoms with E-state index in [1.54, 1.807) is 40.0 Å². The molecule has 11 nitrogen and oxygen atoms in total. The molecule has 2 heterocycles. The standard InChI is InChI=1S/C35H43N5O6S/c1-7-14-40(34(44)46-35(3,4)5)20-29(41)28(16-24-11-9-8-10-12-24)38-31(42)25-17-26(32-36-13-15-45-32)19-27(18-25)33(43)39(6)21-30-37-23(2)22-47-30/h8-13,15,17-19,22,28-29,41H,7,14,16,20-21H2,1-6H3,(H,38,42). The molecule has 0 saturated carbocycles. The Morgan fingerprint density at radius 2 is 1.83 bits per heavy atom. The first-order valence-electron chi connectivity index (χ1n) is 15.5. The van der Waals surface area contributed by atoms with Gasteiger partial charge in [-0.3, -0.25) is 9.59 Å². The molecule has 2 unspecified atom stereocenters. The number of nitrogens with zero attached hydrogens (tertiary/aromatic N) is 4. The first-order chi connectivity index (χ1) is 22.3. The van der Waals surface area contributed by atoms with Crippen LogP contribution in [0.1, 0.15) is 71.1 Å². The molecule has 0 saturated heterocycles. The average molecular weight is 662 g/mol. The van der Waals surface area contributed by atoms with Gasteiger partial charge in [0.25, 0.3) is 11.8 Å². The molecular formula is C35H43N5O6S. The summed E-state index contributed by atoms with van der Waals surface area (Å²) in [6.45, 7) is 9.80. The predicted octanol–water partition coefficient (Wildman–Crippen LogP) is 5.73. The molecule has 0 aliphatic heterocycles. The van der Waals surface area contributed by atoms with Crippen molar-refractivity contribution >= 4 is 29.2 Å². The summed E-state index contributed by atoms with van der Waals surface area (Å²) in [5, 5.41) is 17.2. The third kappa shape index (κ3) is 10.2. The lowest BCUT2D eigenvalue weighted by Gasteiger charge is -2.31. The zero-order valence-electron chi connectivity index (χ0n) is 27.7. The van der Waals surface area contributed by atoms with Crippen molar-refractivity contribution in [3.8, 4) is 11.5 Å². The van der Waals surface area contributed by atoms with Crippen LogP contribution in [0.3, 0.4) is 0 Å². The average Bonchev–Trinajstić information content (AvgIpc) is 3.71. The zero-order chi connectivity index (χ0) is 34.1. The molecule has 0 bridgehead atoms. The van der Waals surface area contributed by atoms with Gasteiger partial charge in [0.1, 0.15) is 16.9 Å². The normalized spacial score (nSPS) is 12.7. The van der Waals surface area contributed by atoms with Gasteiger partial charge in [0, 0.05) is 41.4 Å². The molecule has 0 fully saturated rings. The number of amides is 3. The number of carbonyl (C=O) groups is 3.